The Kier molecular flexibility index (Phi) is 4.49. The standard InChI is InChI=1S/C15H20N2O3S/c1-9(16-14(19)20-15(2,3)4)12(18)13-17-10-7-5-6-8-11(10)21-13/h5-9,12,18H,1-4H3,(H,16,19)/t9-,12+/m0/s1. The lowest BCUT2D eigenvalue weighted by Crippen LogP contribution is -2.40. The number of nitrogens with one attached hydrogen (secondary N) is 1. The van der Waals surface area contributed by atoms with Crippen molar-refractivity contribution in [1.82, 2.24) is 10.3 Å². The Bertz CT molecular complexity index is 600. The fourth-order valence-electron chi connectivity index (χ4n) is 1.80. The Hall–Kier alpha value is -1.66. The summed E-state index contributed by atoms with van der Waals surface area (Å²) >= 11 is 1.42. The number of alkyl carbamates (subject to hydrolysis) is 1. The van der Waals surface area contributed by atoms with Crippen LogP contribution >= 0.6 is 11.3 Å². The van der Waals surface area contributed by atoms with Crippen molar-refractivity contribution in [3.63, 3.8) is 0 Å². The van der Waals surface area contributed by atoms with Gasteiger partial charge in [-0.05, 0) is 39.8 Å². The Morgan fingerprint density at radius 2 is 2.05 bits per heavy atom. The van der Waals surface area contributed by atoms with Crippen molar-refractivity contribution in [2.45, 2.75) is 45.4 Å². The molecule has 0 aliphatic heterocycles. The van der Waals surface area contributed by atoms with Gasteiger partial charge in [-0.1, -0.05) is 12.1 Å². The Balaban J connectivity index is 2.05. The summed E-state index contributed by atoms with van der Waals surface area (Å²) in [7, 11) is 0. The number of thiazole rings is 1. The molecule has 2 N–H and O–H groups in total. The minimum absolute atomic E-state index is 0.486. The average molecular weight is 308 g/mol. The lowest BCUT2D eigenvalue weighted by molar-refractivity contribution is 0.0436. The number of fused-ring (bicyclic) bond motifs is 1. The molecule has 2 atom stereocenters. The average Bonchev–Trinajstić information content (AvgIpc) is 2.78. The third-order valence-electron chi connectivity index (χ3n) is 2.78. The highest BCUT2D eigenvalue weighted by molar-refractivity contribution is 7.18. The molecule has 0 unspecified atom stereocenters. The molecule has 1 aromatic carbocycles. The van der Waals surface area contributed by atoms with E-state index in [1.165, 1.54) is 11.3 Å². The molecule has 0 aliphatic carbocycles. The van der Waals surface area contributed by atoms with Gasteiger partial charge in [0.1, 0.15) is 16.7 Å². The largest absolute Gasteiger partial charge is 0.444 e. The monoisotopic (exact) mass is 308 g/mol. The van der Waals surface area contributed by atoms with Crippen LogP contribution in [-0.2, 0) is 4.74 Å². The van der Waals surface area contributed by atoms with E-state index in [1.807, 2.05) is 24.3 Å². The summed E-state index contributed by atoms with van der Waals surface area (Å²) < 4.78 is 6.19. The second kappa shape index (κ2) is 5.99. The summed E-state index contributed by atoms with van der Waals surface area (Å²) in [6.07, 6.45) is -1.41. The number of nitrogens with zero attached hydrogens (tertiary/aromatic N) is 1. The van der Waals surface area contributed by atoms with Gasteiger partial charge in [-0.15, -0.1) is 11.3 Å². The third-order valence-corrected chi connectivity index (χ3v) is 3.89. The first kappa shape index (κ1) is 15.7. The predicted octanol–water partition coefficient (Wildman–Crippen LogP) is 3.24. The minimum Gasteiger partial charge on any atom is -0.444 e. The molecule has 0 fully saturated rings. The van der Waals surface area contributed by atoms with Gasteiger partial charge in [0.2, 0.25) is 0 Å². The molecule has 1 amide bonds. The van der Waals surface area contributed by atoms with E-state index in [4.69, 9.17) is 4.74 Å². The number of aliphatic hydroxyl groups is 1. The SMILES string of the molecule is C[C@H](NC(=O)OC(C)(C)C)[C@@H](O)c1nc2ccccc2s1. The van der Waals surface area contributed by atoms with E-state index in [-0.39, 0.29) is 0 Å². The van der Waals surface area contributed by atoms with Gasteiger partial charge in [-0.25, -0.2) is 9.78 Å². The highest BCUT2D eigenvalue weighted by atomic mass is 32.1. The first-order valence-corrected chi connectivity index (χ1v) is 7.61. The number of benzene rings is 1. The number of carbonyl (C=O) groups is 1. The van der Waals surface area contributed by atoms with Gasteiger partial charge >= 0.3 is 6.09 Å². The normalized spacial score (nSPS) is 14.7. The van der Waals surface area contributed by atoms with Crippen LogP contribution in [0.2, 0.25) is 0 Å². The van der Waals surface area contributed by atoms with Crippen LogP contribution in [0, 0.1) is 0 Å². The van der Waals surface area contributed by atoms with Gasteiger partial charge in [0.15, 0.2) is 0 Å². The second-order valence-corrected chi connectivity index (χ2v) is 6.96. The smallest absolute Gasteiger partial charge is 0.407 e. The number of aromatic nitrogens is 1. The van der Waals surface area contributed by atoms with E-state index in [0.717, 1.165) is 10.2 Å². The number of hydrogen-bond donors (Lipinski definition) is 2. The van der Waals surface area contributed by atoms with E-state index < -0.39 is 23.8 Å². The number of ether oxygens (including phenoxy) is 1. The van der Waals surface area contributed by atoms with Crippen LogP contribution in [0.15, 0.2) is 24.3 Å². The van der Waals surface area contributed by atoms with Crippen molar-refractivity contribution in [1.29, 1.82) is 0 Å². The van der Waals surface area contributed by atoms with E-state index in [9.17, 15) is 9.90 Å². The summed E-state index contributed by atoms with van der Waals surface area (Å²) in [6, 6.07) is 7.20. The van der Waals surface area contributed by atoms with Gasteiger partial charge in [0.05, 0.1) is 16.3 Å². The number of hydrogen-bond acceptors (Lipinski definition) is 5. The molecule has 0 saturated heterocycles. The number of rotatable bonds is 3. The number of carbonyl (C=O) groups excluding carboxylic acids is 1. The van der Waals surface area contributed by atoms with E-state index in [1.54, 1.807) is 27.7 Å². The molecule has 0 radical (unpaired) electrons. The zero-order valence-electron chi connectivity index (χ0n) is 12.6. The van der Waals surface area contributed by atoms with Crippen molar-refractivity contribution < 1.29 is 14.6 Å². The zero-order chi connectivity index (χ0) is 15.6. The van der Waals surface area contributed by atoms with Gasteiger partial charge < -0.3 is 15.2 Å². The quantitative estimate of drug-likeness (QED) is 0.913. The van der Waals surface area contributed by atoms with Crippen LogP contribution in [0.1, 0.15) is 38.8 Å². The molecule has 2 aromatic rings. The van der Waals surface area contributed by atoms with Crippen LogP contribution in [0.25, 0.3) is 10.2 Å². The molecule has 2 rings (SSSR count). The zero-order valence-corrected chi connectivity index (χ0v) is 13.4. The third kappa shape index (κ3) is 4.15. The molecular formula is C15H20N2O3S. The van der Waals surface area contributed by atoms with E-state index in [2.05, 4.69) is 10.3 Å². The van der Waals surface area contributed by atoms with Crippen LogP contribution in [0.4, 0.5) is 4.79 Å². The van der Waals surface area contributed by atoms with Crippen LogP contribution in [-0.4, -0.2) is 27.8 Å². The molecule has 1 heterocycles. The summed E-state index contributed by atoms with van der Waals surface area (Å²) in [5.74, 6) is 0. The molecule has 114 valence electrons. The minimum atomic E-state index is -0.866. The number of amides is 1. The highest BCUT2D eigenvalue weighted by Crippen LogP contribution is 2.27. The van der Waals surface area contributed by atoms with Crippen molar-refractivity contribution in [2.75, 3.05) is 0 Å². The van der Waals surface area contributed by atoms with Crippen molar-refractivity contribution in [2.24, 2.45) is 0 Å². The fourth-order valence-corrected chi connectivity index (χ4v) is 2.86. The van der Waals surface area contributed by atoms with Crippen molar-refractivity contribution in [3.8, 4) is 0 Å². The molecule has 1 aromatic heterocycles. The van der Waals surface area contributed by atoms with E-state index in [0.29, 0.717) is 5.01 Å². The molecular weight excluding hydrogens is 288 g/mol. The number of para-hydroxylation sites is 1. The maximum atomic E-state index is 11.7. The fraction of sp³-hybridized carbons (Fsp3) is 0.467. The molecule has 0 aliphatic rings. The summed E-state index contributed by atoms with van der Waals surface area (Å²) in [6.45, 7) is 7.10. The van der Waals surface area contributed by atoms with Gasteiger partial charge in [0.25, 0.3) is 0 Å². The Morgan fingerprint density at radius 1 is 1.38 bits per heavy atom. The van der Waals surface area contributed by atoms with Crippen LogP contribution in [0.3, 0.4) is 0 Å². The van der Waals surface area contributed by atoms with Crippen molar-refractivity contribution >= 4 is 27.6 Å². The lowest BCUT2D eigenvalue weighted by atomic mass is 10.2. The second-order valence-electron chi connectivity index (χ2n) is 5.90. The van der Waals surface area contributed by atoms with Crippen LogP contribution in [0.5, 0.6) is 0 Å². The van der Waals surface area contributed by atoms with Gasteiger partial charge in [-0.2, -0.15) is 0 Å². The molecule has 21 heavy (non-hydrogen) atoms. The molecule has 0 spiro atoms. The van der Waals surface area contributed by atoms with Crippen LogP contribution < -0.4 is 5.32 Å². The number of aliphatic hydroxyl groups excluding tert-OH is 1. The maximum Gasteiger partial charge on any atom is 0.407 e. The molecule has 0 bridgehead atoms. The predicted molar refractivity (Wildman–Crippen MR) is 83.4 cm³/mol. The van der Waals surface area contributed by atoms with Crippen molar-refractivity contribution in [3.05, 3.63) is 29.3 Å². The van der Waals surface area contributed by atoms with E-state index >= 15 is 0 Å². The maximum absolute atomic E-state index is 11.7. The lowest BCUT2D eigenvalue weighted by Gasteiger charge is -2.23. The topological polar surface area (TPSA) is 71.5 Å². The van der Waals surface area contributed by atoms with Gasteiger partial charge in [0, 0.05) is 0 Å². The molecule has 0 saturated carbocycles. The highest BCUT2D eigenvalue weighted by Gasteiger charge is 2.24. The summed E-state index contributed by atoms with van der Waals surface area (Å²) in [4.78, 5) is 16.1. The first-order chi connectivity index (χ1) is 9.76. The summed E-state index contributed by atoms with van der Waals surface area (Å²) in [5, 5.41) is 13.5. The molecule has 6 heteroatoms. The Labute approximate surface area is 128 Å². The van der Waals surface area contributed by atoms with Gasteiger partial charge in [-0.3, -0.25) is 0 Å². The molecule has 5 nitrogen and oxygen atoms in total. The Morgan fingerprint density at radius 3 is 2.67 bits per heavy atom. The summed E-state index contributed by atoms with van der Waals surface area (Å²) in [5.41, 5.74) is 0.283. The first-order valence-electron chi connectivity index (χ1n) is 6.79.